The normalized spacial score (nSPS) is 15.8. The Hall–Kier alpha value is -1.85. The molecular formula is C13H19N3O3. The van der Waals surface area contributed by atoms with Crippen molar-refractivity contribution in [2.24, 2.45) is 0 Å². The molecule has 2 heterocycles. The smallest absolute Gasteiger partial charge is 0.321 e. The van der Waals surface area contributed by atoms with E-state index in [-0.39, 0.29) is 11.9 Å². The molecule has 0 atom stereocenters. The second-order valence-corrected chi connectivity index (χ2v) is 4.48. The zero-order chi connectivity index (χ0) is 13.7. The Morgan fingerprint density at radius 1 is 1.05 bits per heavy atom. The van der Waals surface area contributed by atoms with Crippen molar-refractivity contribution in [1.29, 1.82) is 0 Å². The van der Waals surface area contributed by atoms with Gasteiger partial charge in [0.25, 0.3) is 0 Å². The van der Waals surface area contributed by atoms with Crippen LogP contribution >= 0.6 is 0 Å². The molecule has 0 saturated carbocycles. The van der Waals surface area contributed by atoms with Gasteiger partial charge in [-0.15, -0.1) is 0 Å². The van der Waals surface area contributed by atoms with Crippen LogP contribution in [0.2, 0.25) is 0 Å². The number of anilines is 1. The van der Waals surface area contributed by atoms with Gasteiger partial charge >= 0.3 is 6.01 Å². The summed E-state index contributed by atoms with van der Waals surface area (Å²) < 4.78 is 10.2. The van der Waals surface area contributed by atoms with Gasteiger partial charge in [-0.05, 0) is 12.8 Å². The Bertz CT molecular complexity index is 443. The minimum atomic E-state index is 0.224. The number of carbonyl (C=O) groups is 1. The first kappa shape index (κ1) is 13.6. The standard InChI is InChI=1S/C13H19N3O3/c1-18-12-10(9-17)11(14-13(15-12)19-2)16-7-5-3-4-6-8-16/h9H,3-8H2,1-2H3. The Morgan fingerprint density at radius 3 is 2.26 bits per heavy atom. The number of hydrogen-bond acceptors (Lipinski definition) is 6. The topological polar surface area (TPSA) is 64.6 Å². The number of rotatable bonds is 4. The van der Waals surface area contributed by atoms with Crippen molar-refractivity contribution in [3.63, 3.8) is 0 Å². The van der Waals surface area contributed by atoms with Gasteiger partial charge in [0.15, 0.2) is 6.29 Å². The minimum absolute atomic E-state index is 0.224. The molecule has 1 aliphatic heterocycles. The molecule has 1 aliphatic rings. The number of hydrogen-bond donors (Lipinski definition) is 0. The van der Waals surface area contributed by atoms with Crippen molar-refractivity contribution < 1.29 is 14.3 Å². The van der Waals surface area contributed by atoms with Crippen molar-refractivity contribution in [1.82, 2.24) is 9.97 Å². The Kier molecular flexibility index (Phi) is 4.54. The fraction of sp³-hybridized carbons (Fsp3) is 0.615. The highest BCUT2D eigenvalue weighted by molar-refractivity contribution is 5.86. The molecule has 6 nitrogen and oxygen atoms in total. The lowest BCUT2D eigenvalue weighted by atomic mass is 10.2. The molecule has 6 heteroatoms. The van der Waals surface area contributed by atoms with E-state index in [0.29, 0.717) is 11.4 Å². The maximum atomic E-state index is 11.3. The molecule has 0 spiro atoms. The molecule has 1 saturated heterocycles. The second-order valence-electron chi connectivity index (χ2n) is 4.48. The maximum absolute atomic E-state index is 11.3. The third-order valence-electron chi connectivity index (χ3n) is 3.27. The van der Waals surface area contributed by atoms with Gasteiger partial charge in [0.05, 0.1) is 14.2 Å². The first-order valence-corrected chi connectivity index (χ1v) is 6.50. The molecule has 0 aliphatic carbocycles. The van der Waals surface area contributed by atoms with Crippen LogP contribution in [0.3, 0.4) is 0 Å². The summed E-state index contributed by atoms with van der Waals surface area (Å²) in [5.74, 6) is 0.877. The lowest BCUT2D eigenvalue weighted by Gasteiger charge is -2.23. The van der Waals surface area contributed by atoms with Gasteiger partial charge in [-0.25, -0.2) is 0 Å². The van der Waals surface area contributed by atoms with E-state index in [0.717, 1.165) is 32.2 Å². The molecule has 1 aromatic heterocycles. The summed E-state index contributed by atoms with van der Waals surface area (Å²) >= 11 is 0. The maximum Gasteiger partial charge on any atom is 0.321 e. The van der Waals surface area contributed by atoms with Gasteiger partial charge < -0.3 is 14.4 Å². The van der Waals surface area contributed by atoms with Crippen LogP contribution in [-0.2, 0) is 0 Å². The van der Waals surface area contributed by atoms with Crippen LogP contribution in [0.5, 0.6) is 11.9 Å². The molecule has 0 amide bonds. The molecule has 0 radical (unpaired) electrons. The molecule has 104 valence electrons. The van der Waals surface area contributed by atoms with Crippen LogP contribution in [0.4, 0.5) is 5.82 Å². The third kappa shape index (κ3) is 2.94. The zero-order valence-corrected chi connectivity index (χ0v) is 11.4. The zero-order valence-electron chi connectivity index (χ0n) is 11.4. The predicted octanol–water partition coefficient (Wildman–Crippen LogP) is 1.69. The van der Waals surface area contributed by atoms with Crippen LogP contribution < -0.4 is 14.4 Å². The predicted molar refractivity (Wildman–Crippen MR) is 71.2 cm³/mol. The SMILES string of the molecule is COc1nc(OC)c(C=O)c(N2CCCCCC2)n1. The number of aromatic nitrogens is 2. The average molecular weight is 265 g/mol. The Morgan fingerprint density at radius 2 is 1.74 bits per heavy atom. The summed E-state index contributed by atoms with van der Waals surface area (Å²) in [6.07, 6.45) is 5.39. The van der Waals surface area contributed by atoms with Crippen molar-refractivity contribution in [2.75, 3.05) is 32.2 Å². The van der Waals surface area contributed by atoms with E-state index in [4.69, 9.17) is 9.47 Å². The van der Waals surface area contributed by atoms with Gasteiger partial charge in [0, 0.05) is 13.1 Å². The highest BCUT2D eigenvalue weighted by Crippen LogP contribution is 2.28. The first-order chi connectivity index (χ1) is 9.30. The van der Waals surface area contributed by atoms with Gasteiger partial charge in [0.2, 0.25) is 5.88 Å². The summed E-state index contributed by atoms with van der Waals surface area (Å²) in [5, 5.41) is 0. The van der Waals surface area contributed by atoms with Crippen LogP contribution in [0, 0.1) is 0 Å². The highest BCUT2D eigenvalue weighted by atomic mass is 16.5. The number of aldehydes is 1. The number of carbonyl (C=O) groups excluding carboxylic acids is 1. The molecule has 0 aromatic carbocycles. The van der Waals surface area contributed by atoms with E-state index in [1.54, 1.807) is 0 Å². The van der Waals surface area contributed by atoms with E-state index < -0.39 is 0 Å². The van der Waals surface area contributed by atoms with Gasteiger partial charge in [-0.2, -0.15) is 9.97 Å². The van der Waals surface area contributed by atoms with Gasteiger partial charge in [-0.1, -0.05) is 12.8 Å². The summed E-state index contributed by atoms with van der Waals surface area (Å²) in [5.41, 5.74) is 0.394. The summed E-state index contributed by atoms with van der Waals surface area (Å²) in [4.78, 5) is 21.8. The average Bonchev–Trinajstić information content (AvgIpc) is 2.74. The third-order valence-corrected chi connectivity index (χ3v) is 3.27. The van der Waals surface area contributed by atoms with E-state index >= 15 is 0 Å². The van der Waals surface area contributed by atoms with Crippen molar-refractivity contribution in [3.8, 4) is 11.9 Å². The molecule has 0 unspecified atom stereocenters. The quantitative estimate of drug-likeness (QED) is 0.772. The fourth-order valence-electron chi connectivity index (χ4n) is 2.29. The molecule has 1 aromatic rings. The lowest BCUT2D eigenvalue weighted by molar-refractivity contribution is 0.111. The first-order valence-electron chi connectivity index (χ1n) is 6.50. The van der Waals surface area contributed by atoms with Crippen LogP contribution in [0.1, 0.15) is 36.0 Å². The van der Waals surface area contributed by atoms with Crippen molar-refractivity contribution in [2.45, 2.75) is 25.7 Å². The van der Waals surface area contributed by atoms with Gasteiger partial charge in [0.1, 0.15) is 11.4 Å². The Balaban J connectivity index is 2.42. The summed E-state index contributed by atoms with van der Waals surface area (Å²) in [6, 6.07) is 0.224. The highest BCUT2D eigenvalue weighted by Gasteiger charge is 2.21. The van der Waals surface area contributed by atoms with E-state index in [9.17, 15) is 4.79 Å². The molecule has 0 bridgehead atoms. The number of ether oxygens (including phenoxy) is 2. The summed E-state index contributed by atoms with van der Waals surface area (Å²) in [7, 11) is 2.99. The van der Waals surface area contributed by atoms with Gasteiger partial charge in [-0.3, -0.25) is 4.79 Å². The number of nitrogens with zero attached hydrogens (tertiary/aromatic N) is 3. The summed E-state index contributed by atoms with van der Waals surface area (Å²) in [6.45, 7) is 1.79. The molecule has 1 fully saturated rings. The molecular weight excluding hydrogens is 246 g/mol. The molecule has 19 heavy (non-hydrogen) atoms. The van der Waals surface area contributed by atoms with Crippen molar-refractivity contribution >= 4 is 12.1 Å². The Labute approximate surface area is 112 Å². The second kappa shape index (κ2) is 6.36. The minimum Gasteiger partial charge on any atom is -0.480 e. The van der Waals surface area contributed by atoms with E-state index in [1.165, 1.54) is 27.1 Å². The number of methoxy groups -OCH3 is 2. The van der Waals surface area contributed by atoms with Crippen molar-refractivity contribution in [3.05, 3.63) is 5.56 Å². The van der Waals surface area contributed by atoms with Crippen LogP contribution in [-0.4, -0.2) is 43.6 Å². The van der Waals surface area contributed by atoms with Crippen LogP contribution in [0.15, 0.2) is 0 Å². The van der Waals surface area contributed by atoms with Crippen LogP contribution in [0.25, 0.3) is 0 Å². The van der Waals surface area contributed by atoms with E-state index in [2.05, 4.69) is 14.9 Å². The largest absolute Gasteiger partial charge is 0.480 e. The molecule has 0 N–H and O–H groups in total. The van der Waals surface area contributed by atoms with E-state index in [1.807, 2.05) is 0 Å². The fourth-order valence-corrected chi connectivity index (χ4v) is 2.29. The lowest BCUT2D eigenvalue weighted by Crippen LogP contribution is -2.26. The molecule has 2 rings (SSSR count). The monoisotopic (exact) mass is 265 g/mol.